The lowest BCUT2D eigenvalue weighted by molar-refractivity contribution is -0.140. The lowest BCUT2D eigenvalue weighted by Crippen LogP contribution is -2.50. The predicted octanol–water partition coefficient (Wildman–Crippen LogP) is 1.24. The van der Waals surface area contributed by atoms with E-state index in [0.29, 0.717) is 17.2 Å². The molecule has 1 aliphatic heterocycles. The van der Waals surface area contributed by atoms with Gasteiger partial charge in [0, 0.05) is 25.1 Å². The van der Waals surface area contributed by atoms with Gasteiger partial charge in [-0.15, -0.1) is 11.3 Å². The predicted molar refractivity (Wildman–Crippen MR) is 86.4 cm³/mol. The van der Waals surface area contributed by atoms with E-state index in [9.17, 15) is 14.4 Å². The molecule has 1 atom stereocenters. The Labute approximate surface area is 137 Å². The molecular formula is C14H18N2O4S2. The first kappa shape index (κ1) is 16.8. The number of rotatable bonds is 5. The van der Waals surface area contributed by atoms with Crippen LogP contribution in [0.1, 0.15) is 16.1 Å². The fourth-order valence-corrected chi connectivity index (χ4v) is 4.09. The van der Waals surface area contributed by atoms with Crippen molar-refractivity contribution in [2.45, 2.75) is 12.5 Å². The van der Waals surface area contributed by atoms with Gasteiger partial charge < -0.3 is 14.9 Å². The monoisotopic (exact) mass is 342 g/mol. The van der Waals surface area contributed by atoms with Crippen molar-refractivity contribution in [3.05, 3.63) is 22.4 Å². The fourth-order valence-electron chi connectivity index (χ4n) is 2.31. The van der Waals surface area contributed by atoms with E-state index in [1.54, 1.807) is 35.8 Å². The van der Waals surface area contributed by atoms with Crippen LogP contribution in [0.4, 0.5) is 0 Å². The van der Waals surface area contributed by atoms with Crippen LogP contribution in [0.2, 0.25) is 0 Å². The third-order valence-corrected chi connectivity index (χ3v) is 5.36. The molecule has 1 unspecified atom stereocenters. The van der Waals surface area contributed by atoms with Gasteiger partial charge in [-0.05, 0) is 11.4 Å². The van der Waals surface area contributed by atoms with E-state index in [1.165, 1.54) is 16.2 Å². The van der Waals surface area contributed by atoms with Crippen molar-refractivity contribution >= 4 is 40.9 Å². The molecule has 1 N–H and O–H groups in total. The average Bonchev–Trinajstić information content (AvgIpc) is 3.00. The molecule has 0 aliphatic carbocycles. The van der Waals surface area contributed by atoms with Crippen LogP contribution in [0.3, 0.4) is 0 Å². The van der Waals surface area contributed by atoms with Crippen LogP contribution in [0, 0.1) is 0 Å². The number of nitrogens with zero attached hydrogens (tertiary/aromatic N) is 2. The summed E-state index contributed by atoms with van der Waals surface area (Å²) in [6, 6.07) is 3.21. The molecule has 2 heterocycles. The van der Waals surface area contributed by atoms with Crippen molar-refractivity contribution in [1.82, 2.24) is 9.80 Å². The minimum atomic E-state index is -0.909. The Kier molecular flexibility index (Phi) is 5.84. The van der Waals surface area contributed by atoms with E-state index in [1.807, 2.05) is 5.38 Å². The molecule has 8 heteroatoms. The second kappa shape index (κ2) is 7.64. The number of hydrogen-bond donors (Lipinski definition) is 1. The standard InChI is InChI=1S/C14H18N2O4S2/c1-15(14(20)11-3-2-5-22-11)8-12(17)16-4-6-21-9-10(16)7-13(18)19/h2-3,5,10H,4,6-9H2,1H3,(H,18,19). The maximum absolute atomic E-state index is 12.4. The molecule has 1 aliphatic rings. The van der Waals surface area contributed by atoms with E-state index in [4.69, 9.17) is 5.11 Å². The van der Waals surface area contributed by atoms with Crippen molar-refractivity contribution in [1.29, 1.82) is 0 Å². The van der Waals surface area contributed by atoms with E-state index >= 15 is 0 Å². The van der Waals surface area contributed by atoms with Crippen LogP contribution in [-0.4, -0.2) is 70.4 Å². The summed E-state index contributed by atoms with van der Waals surface area (Å²) in [6.07, 6.45) is -0.0542. The zero-order valence-corrected chi connectivity index (χ0v) is 13.9. The van der Waals surface area contributed by atoms with Gasteiger partial charge in [-0.1, -0.05) is 6.07 Å². The summed E-state index contributed by atoms with van der Waals surface area (Å²) in [5.74, 6) is 0.127. The second-order valence-corrected chi connectivity index (χ2v) is 7.15. The minimum absolute atomic E-state index is 0.0302. The zero-order chi connectivity index (χ0) is 16.1. The maximum Gasteiger partial charge on any atom is 0.305 e. The highest BCUT2D eigenvalue weighted by molar-refractivity contribution is 7.99. The van der Waals surface area contributed by atoms with Crippen molar-refractivity contribution in [3.8, 4) is 0 Å². The third-order valence-electron chi connectivity index (χ3n) is 3.41. The summed E-state index contributed by atoms with van der Waals surface area (Å²) >= 11 is 2.99. The van der Waals surface area contributed by atoms with Crippen molar-refractivity contribution in [2.24, 2.45) is 0 Å². The largest absolute Gasteiger partial charge is 0.481 e. The number of likely N-dealkylation sites (N-methyl/N-ethyl adjacent to an activating group) is 1. The number of aliphatic carboxylic acids is 1. The van der Waals surface area contributed by atoms with Gasteiger partial charge in [-0.3, -0.25) is 14.4 Å². The van der Waals surface area contributed by atoms with Gasteiger partial charge in [0.15, 0.2) is 0 Å². The smallest absolute Gasteiger partial charge is 0.305 e. The lowest BCUT2D eigenvalue weighted by Gasteiger charge is -2.35. The average molecular weight is 342 g/mol. The number of hydrogen-bond acceptors (Lipinski definition) is 5. The van der Waals surface area contributed by atoms with Crippen LogP contribution in [0.5, 0.6) is 0 Å². The highest BCUT2D eigenvalue weighted by Gasteiger charge is 2.30. The van der Waals surface area contributed by atoms with E-state index in [2.05, 4.69) is 0 Å². The molecule has 120 valence electrons. The first-order chi connectivity index (χ1) is 10.5. The Morgan fingerprint density at radius 3 is 2.86 bits per heavy atom. The molecule has 0 aromatic carbocycles. The Morgan fingerprint density at radius 1 is 1.45 bits per heavy atom. The summed E-state index contributed by atoms with van der Waals surface area (Å²) in [4.78, 5) is 39.0. The van der Waals surface area contributed by atoms with E-state index < -0.39 is 5.97 Å². The maximum atomic E-state index is 12.4. The van der Waals surface area contributed by atoms with Gasteiger partial charge in [0.05, 0.1) is 23.9 Å². The van der Waals surface area contributed by atoms with Crippen molar-refractivity contribution in [3.63, 3.8) is 0 Å². The molecule has 1 aromatic heterocycles. The molecule has 22 heavy (non-hydrogen) atoms. The lowest BCUT2D eigenvalue weighted by atomic mass is 10.2. The Bertz CT molecular complexity index is 547. The SMILES string of the molecule is CN(CC(=O)N1CCSCC1CC(=O)O)C(=O)c1cccs1. The molecule has 0 radical (unpaired) electrons. The summed E-state index contributed by atoms with van der Waals surface area (Å²) in [6.45, 7) is 0.500. The van der Waals surface area contributed by atoms with E-state index in [-0.39, 0.29) is 30.8 Å². The van der Waals surface area contributed by atoms with Gasteiger partial charge in [-0.2, -0.15) is 11.8 Å². The van der Waals surface area contributed by atoms with Crippen LogP contribution >= 0.6 is 23.1 Å². The topological polar surface area (TPSA) is 77.9 Å². The van der Waals surface area contributed by atoms with Crippen LogP contribution in [0.25, 0.3) is 0 Å². The molecule has 2 amide bonds. The quantitative estimate of drug-likeness (QED) is 0.871. The molecular weight excluding hydrogens is 324 g/mol. The van der Waals surface area contributed by atoms with E-state index in [0.717, 1.165) is 5.75 Å². The summed E-state index contributed by atoms with van der Waals surface area (Å²) in [5.41, 5.74) is 0. The van der Waals surface area contributed by atoms with Crippen molar-refractivity contribution < 1.29 is 19.5 Å². The number of amides is 2. The molecule has 1 aromatic rings. The number of thioether (sulfide) groups is 1. The normalized spacial score (nSPS) is 18.0. The van der Waals surface area contributed by atoms with Gasteiger partial charge in [0.25, 0.3) is 5.91 Å². The molecule has 2 rings (SSSR count). The number of carbonyl (C=O) groups is 3. The Balaban J connectivity index is 1.97. The van der Waals surface area contributed by atoms with Gasteiger partial charge in [0.2, 0.25) is 5.91 Å². The van der Waals surface area contributed by atoms with Crippen LogP contribution < -0.4 is 0 Å². The first-order valence-electron chi connectivity index (χ1n) is 6.87. The molecule has 0 saturated carbocycles. The minimum Gasteiger partial charge on any atom is -0.481 e. The molecule has 1 fully saturated rings. The zero-order valence-electron chi connectivity index (χ0n) is 12.2. The summed E-state index contributed by atoms with van der Waals surface area (Å²) < 4.78 is 0. The van der Waals surface area contributed by atoms with Crippen LogP contribution in [0.15, 0.2) is 17.5 Å². The number of thiophene rings is 1. The van der Waals surface area contributed by atoms with Gasteiger partial charge >= 0.3 is 5.97 Å². The Hall–Kier alpha value is -1.54. The van der Waals surface area contributed by atoms with Gasteiger partial charge in [-0.25, -0.2) is 0 Å². The van der Waals surface area contributed by atoms with Gasteiger partial charge in [0.1, 0.15) is 0 Å². The second-order valence-electron chi connectivity index (χ2n) is 5.05. The molecule has 0 spiro atoms. The third kappa shape index (κ3) is 4.23. The molecule has 1 saturated heterocycles. The number of carboxylic acids is 1. The van der Waals surface area contributed by atoms with Crippen molar-refractivity contribution in [2.75, 3.05) is 31.6 Å². The summed E-state index contributed by atoms with van der Waals surface area (Å²) in [5, 5.41) is 10.8. The fraction of sp³-hybridized carbons (Fsp3) is 0.500. The number of carboxylic acid groups (broad SMARTS) is 1. The Morgan fingerprint density at radius 2 is 2.23 bits per heavy atom. The molecule has 6 nitrogen and oxygen atoms in total. The first-order valence-corrected chi connectivity index (χ1v) is 8.90. The highest BCUT2D eigenvalue weighted by atomic mass is 32.2. The summed E-state index contributed by atoms with van der Waals surface area (Å²) in [7, 11) is 1.59. The van der Waals surface area contributed by atoms with Crippen LogP contribution in [-0.2, 0) is 9.59 Å². The molecule has 0 bridgehead atoms. The number of carbonyl (C=O) groups excluding carboxylic acids is 2. The highest BCUT2D eigenvalue weighted by Crippen LogP contribution is 2.19.